The van der Waals surface area contributed by atoms with Crippen molar-refractivity contribution in [3.8, 4) is 0 Å². The van der Waals surface area contributed by atoms with Gasteiger partial charge < -0.3 is 15.6 Å². The van der Waals surface area contributed by atoms with Crippen LogP contribution in [0.2, 0.25) is 0 Å². The number of nitrogens with one attached hydrogen (secondary N) is 3. The Balaban J connectivity index is 0.00000144. The normalized spacial score (nSPS) is 16.0. The highest BCUT2D eigenvalue weighted by atomic mass is 35.5. The molecule has 1 aliphatic rings. The molecule has 0 aliphatic carbocycles. The van der Waals surface area contributed by atoms with Crippen LogP contribution in [0.15, 0.2) is 24.3 Å². The van der Waals surface area contributed by atoms with Gasteiger partial charge in [0.15, 0.2) is 0 Å². The molecule has 0 saturated carbocycles. The zero-order valence-corrected chi connectivity index (χ0v) is 15.5. The number of benzene rings is 1. The molecule has 0 bridgehead atoms. The van der Waals surface area contributed by atoms with Gasteiger partial charge in [-0.05, 0) is 57.3 Å². The second kappa shape index (κ2) is 9.87. The first-order valence-electron chi connectivity index (χ1n) is 8.17. The van der Waals surface area contributed by atoms with Crippen LogP contribution in [0.25, 0.3) is 11.0 Å². The number of nitrogens with zero attached hydrogens (tertiary/aromatic N) is 1. The number of H-pyrrole nitrogens is 1. The second-order valence-corrected chi connectivity index (χ2v) is 6.16. The molecule has 1 aliphatic heterocycles. The highest BCUT2D eigenvalue weighted by Gasteiger charge is 2.17. The molecule has 1 fully saturated rings. The summed E-state index contributed by atoms with van der Waals surface area (Å²) >= 11 is 0. The number of fused-ring (bicyclic) bond motifs is 1. The molecule has 3 N–H and O–H groups in total. The van der Waals surface area contributed by atoms with E-state index in [9.17, 15) is 4.79 Å². The Labute approximate surface area is 155 Å². The first-order chi connectivity index (χ1) is 10.7. The van der Waals surface area contributed by atoms with Crippen molar-refractivity contribution >= 4 is 41.8 Å². The topological polar surface area (TPSA) is 69.8 Å². The average molecular weight is 373 g/mol. The molecule has 1 amide bonds. The first-order valence-corrected chi connectivity index (χ1v) is 8.17. The van der Waals surface area contributed by atoms with Gasteiger partial charge in [-0.2, -0.15) is 0 Å². The molecular weight excluding hydrogens is 347 g/mol. The highest BCUT2D eigenvalue weighted by Crippen LogP contribution is 2.19. The van der Waals surface area contributed by atoms with Crippen LogP contribution in [0, 0.1) is 5.92 Å². The number of carbonyl (C=O) groups is 1. The largest absolute Gasteiger partial charge is 0.346 e. The SMILES string of the molecule is CC(NC(=O)CCC1CCNCC1)c1nc2ccccc2[nH]1.Cl.Cl. The van der Waals surface area contributed by atoms with Crippen LogP contribution in [0.1, 0.15) is 44.5 Å². The third-order valence-electron chi connectivity index (χ3n) is 4.43. The van der Waals surface area contributed by atoms with Crippen LogP contribution in [0.3, 0.4) is 0 Å². The van der Waals surface area contributed by atoms with Gasteiger partial charge in [-0.25, -0.2) is 4.98 Å². The summed E-state index contributed by atoms with van der Waals surface area (Å²) in [7, 11) is 0. The van der Waals surface area contributed by atoms with Crippen LogP contribution >= 0.6 is 24.8 Å². The Hall–Kier alpha value is -1.30. The minimum Gasteiger partial charge on any atom is -0.346 e. The van der Waals surface area contributed by atoms with E-state index in [0.29, 0.717) is 12.3 Å². The summed E-state index contributed by atoms with van der Waals surface area (Å²) < 4.78 is 0. The Morgan fingerprint density at radius 3 is 2.71 bits per heavy atom. The number of para-hydroxylation sites is 2. The maximum atomic E-state index is 12.1. The molecule has 1 unspecified atom stereocenters. The van der Waals surface area contributed by atoms with E-state index in [4.69, 9.17) is 0 Å². The van der Waals surface area contributed by atoms with Crippen LogP contribution in [0.5, 0.6) is 0 Å². The molecule has 134 valence electrons. The van der Waals surface area contributed by atoms with Crippen molar-refractivity contribution in [2.24, 2.45) is 5.92 Å². The molecule has 5 nitrogen and oxygen atoms in total. The summed E-state index contributed by atoms with van der Waals surface area (Å²) in [6.45, 7) is 4.14. The molecule has 7 heteroatoms. The third kappa shape index (κ3) is 5.36. The van der Waals surface area contributed by atoms with Gasteiger partial charge in [0.25, 0.3) is 0 Å². The summed E-state index contributed by atoms with van der Waals surface area (Å²) in [5.74, 6) is 1.62. The molecule has 2 aromatic rings. The van der Waals surface area contributed by atoms with Gasteiger partial charge in [-0.1, -0.05) is 12.1 Å². The Morgan fingerprint density at radius 2 is 2.00 bits per heavy atom. The van der Waals surface area contributed by atoms with Crippen molar-refractivity contribution in [2.75, 3.05) is 13.1 Å². The molecule has 24 heavy (non-hydrogen) atoms. The number of halogens is 2. The van der Waals surface area contributed by atoms with Gasteiger partial charge in [0.2, 0.25) is 5.91 Å². The van der Waals surface area contributed by atoms with E-state index in [0.717, 1.165) is 36.4 Å². The zero-order chi connectivity index (χ0) is 15.4. The standard InChI is InChI=1S/C17H24N4O.2ClH/c1-12(17-20-14-4-2-3-5-15(14)21-17)19-16(22)7-6-13-8-10-18-11-9-13;;/h2-5,12-13,18H,6-11H2,1H3,(H,19,22)(H,20,21);2*1H. The average Bonchev–Trinajstić information content (AvgIpc) is 2.98. The van der Waals surface area contributed by atoms with Crippen molar-refractivity contribution < 1.29 is 4.79 Å². The van der Waals surface area contributed by atoms with Gasteiger partial charge in [0, 0.05) is 6.42 Å². The number of aromatic amines is 1. The Kier molecular flexibility index (Phi) is 8.53. The maximum absolute atomic E-state index is 12.1. The lowest BCUT2D eigenvalue weighted by molar-refractivity contribution is -0.122. The van der Waals surface area contributed by atoms with Gasteiger partial charge >= 0.3 is 0 Å². The monoisotopic (exact) mass is 372 g/mol. The predicted octanol–water partition coefficient (Wildman–Crippen LogP) is 3.36. The molecule has 3 rings (SSSR count). The summed E-state index contributed by atoms with van der Waals surface area (Å²) in [5.41, 5.74) is 1.95. The van der Waals surface area contributed by atoms with Gasteiger partial charge in [-0.15, -0.1) is 24.8 Å². The number of carbonyl (C=O) groups excluding carboxylic acids is 1. The summed E-state index contributed by atoms with van der Waals surface area (Å²) in [6.07, 6.45) is 3.97. The van der Waals surface area contributed by atoms with Crippen molar-refractivity contribution in [3.05, 3.63) is 30.1 Å². The van der Waals surface area contributed by atoms with Crippen LogP contribution < -0.4 is 10.6 Å². The van der Waals surface area contributed by atoms with Gasteiger partial charge in [0.1, 0.15) is 5.82 Å². The molecule has 1 saturated heterocycles. The van der Waals surface area contributed by atoms with E-state index in [1.54, 1.807) is 0 Å². The minimum atomic E-state index is -0.0899. The van der Waals surface area contributed by atoms with Crippen molar-refractivity contribution in [2.45, 2.75) is 38.6 Å². The fourth-order valence-electron chi connectivity index (χ4n) is 3.07. The summed E-state index contributed by atoms with van der Waals surface area (Å²) in [6, 6.07) is 7.83. The van der Waals surface area contributed by atoms with Gasteiger partial charge in [0.05, 0.1) is 17.1 Å². The number of imidazole rings is 1. The Bertz CT molecular complexity index is 607. The lowest BCUT2D eigenvalue weighted by atomic mass is 9.93. The fourth-order valence-corrected chi connectivity index (χ4v) is 3.07. The maximum Gasteiger partial charge on any atom is 0.220 e. The predicted molar refractivity (Wildman–Crippen MR) is 102 cm³/mol. The van der Waals surface area contributed by atoms with E-state index in [2.05, 4.69) is 20.6 Å². The lowest BCUT2D eigenvalue weighted by Gasteiger charge is -2.22. The minimum absolute atomic E-state index is 0. The summed E-state index contributed by atoms with van der Waals surface area (Å²) in [5, 5.41) is 6.40. The highest BCUT2D eigenvalue weighted by molar-refractivity contribution is 5.85. The second-order valence-electron chi connectivity index (χ2n) is 6.16. The van der Waals surface area contributed by atoms with Crippen molar-refractivity contribution in [3.63, 3.8) is 0 Å². The number of aromatic nitrogens is 2. The number of hydrogen-bond donors (Lipinski definition) is 3. The molecule has 0 spiro atoms. The number of hydrogen-bond acceptors (Lipinski definition) is 3. The fraction of sp³-hybridized carbons (Fsp3) is 0.529. The molecule has 0 radical (unpaired) electrons. The number of rotatable bonds is 5. The van der Waals surface area contributed by atoms with E-state index >= 15 is 0 Å². The van der Waals surface area contributed by atoms with E-state index in [1.807, 2.05) is 31.2 Å². The van der Waals surface area contributed by atoms with Crippen LogP contribution in [0.4, 0.5) is 0 Å². The van der Waals surface area contributed by atoms with Crippen molar-refractivity contribution in [1.82, 2.24) is 20.6 Å². The number of piperidine rings is 1. The van der Waals surface area contributed by atoms with E-state index in [-0.39, 0.29) is 36.8 Å². The molecule has 1 aromatic heterocycles. The molecule has 2 heterocycles. The molecular formula is C17H26Cl2N4O. The van der Waals surface area contributed by atoms with E-state index < -0.39 is 0 Å². The zero-order valence-electron chi connectivity index (χ0n) is 13.9. The van der Waals surface area contributed by atoms with Crippen LogP contribution in [-0.2, 0) is 4.79 Å². The quantitative estimate of drug-likeness (QED) is 0.753. The lowest BCUT2D eigenvalue weighted by Crippen LogP contribution is -2.30. The van der Waals surface area contributed by atoms with E-state index in [1.165, 1.54) is 12.8 Å². The van der Waals surface area contributed by atoms with Crippen LogP contribution in [-0.4, -0.2) is 29.0 Å². The smallest absolute Gasteiger partial charge is 0.220 e. The number of amides is 1. The van der Waals surface area contributed by atoms with Crippen molar-refractivity contribution in [1.29, 1.82) is 0 Å². The molecule has 1 aromatic carbocycles. The molecule has 1 atom stereocenters. The summed E-state index contributed by atoms with van der Waals surface area (Å²) in [4.78, 5) is 19.9. The first kappa shape index (κ1) is 20.7. The van der Waals surface area contributed by atoms with Gasteiger partial charge in [-0.3, -0.25) is 4.79 Å². The third-order valence-corrected chi connectivity index (χ3v) is 4.43. The Morgan fingerprint density at radius 1 is 1.29 bits per heavy atom.